The molecule has 1 aromatic heterocycles. The Morgan fingerprint density at radius 3 is 3.00 bits per heavy atom. The van der Waals surface area contributed by atoms with Gasteiger partial charge in [0.15, 0.2) is 0 Å². The number of hydrogen-bond acceptors (Lipinski definition) is 2. The molecule has 0 unspecified atom stereocenters. The second-order valence-electron chi connectivity index (χ2n) is 6.24. The SMILES string of the molecule is Cc1cc(C)c2nc(C[C@H]3CCOc4ccccc43)[nH]c2c1. The van der Waals surface area contributed by atoms with Gasteiger partial charge in [0.05, 0.1) is 17.6 Å². The molecule has 0 aliphatic carbocycles. The molecule has 0 spiro atoms. The van der Waals surface area contributed by atoms with E-state index in [2.05, 4.69) is 49.2 Å². The summed E-state index contributed by atoms with van der Waals surface area (Å²) in [7, 11) is 0. The van der Waals surface area contributed by atoms with Crippen LogP contribution < -0.4 is 4.74 Å². The Morgan fingerprint density at radius 1 is 1.23 bits per heavy atom. The number of hydrogen-bond donors (Lipinski definition) is 1. The fraction of sp³-hybridized carbons (Fsp3) is 0.316. The fourth-order valence-electron chi connectivity index (χ4n) is 3.48. The first-order valence-electron chi connectivity index (χ1n) is 7.88. The molecule has 0 radical (unpaired) electrons. The van der Waals surface area contributed by atoms with E-state index in [1.165, 1.54) is 16.7 Å². The second-order valence-corrected chi connectivity index (χ2v) is 6.24. The van der Waals surface area contributed by atoms with Crippen molar-refractivity contribution in [2.24, 2.45) is 0 Å². The van der Waals surface area contributed by atoms with Crippen molar-refractivity contribution in [2.75, 3.05) is 6.61 Å². The van der Waals surface area contributed by atoms with Crippen LogP contribution in [0.2, 0.25) is 0 Å². The molecule has 1 aliphatic heterocycles. The molecular weight excluding hydrogens is 272 g/mol. The molecule has 3 nitrogen and oxygen atoms in total. The summed E-state index contributed by atoms with van der Waals surface area (Å²) in [4.78, 5) is 8.33. The molecule has 22 heavy (non-hydrogen) atoms. The zero-order valence-electron chi connectivity index (χ0n) is 13.0. The van der Waals surface area contributed by atoms with Crippen LogP contribution in [0.1, 0.15) is 34.9 Å². The van der Waals surface area contributed by atoms with Gasteiger partial charge in [-0.1, -0.05) is 24.3 Å². The van der Waals surface area contributed by atoms with Crippen molar-refractivity contribution in [1.82, 2.24) is 9.97 Å². The van der Waals surface area contributed by atoms with Gasteiger partial charge in [-0.25, -0.2) is 4.98 Å². The van der Waals surface area contributed by atoms with E-state index in [1.54, 1.807) is 0 Å². The quantitative estimate of drug-likeness (QED) is 0.765. The van der Waals surface area contributed by atoms with Crippen LogP contribution in [0.25, 0.3) is 11.0 Å². The van der Waals surface area contributed by atoms with E-state index in [1.807, 2.05) is 6.07 Å². The Labute approximate surface area is 130 Å². The minimum absolute atomic E-state index is 0.479. The van der Waals surface area contributed by atoms with E-state index in [4.69, 9.17) is 9.72 Å². The van der Waals surface area contributed by atoms with Crippen molar-refractivity contribution >= 4 is 11.0 Å². The maximum absolute atomic E-state index is 5.75. The Bertz CT molecular complexity index is 835. The van der Waals surface area contributed by atoms with Crippen LogP contribution in [0.5, 0.6) is 5.75 Å². The van der Waals surface area contributed by atoms with Crippen LogP contribution in [-0.2, 0) is 6.42 Å². The average molecular weight is 292 g/mol. The molecule has 2 aromatic carbocycles. The lowest BCUT2D eigenvalue weighted by Crippen LogP contribution is -2.16. The Hall–Kier alpha value is -2.29. The number of benzene rings is 2. The molecule has 0 saturated carbocycles. The fourth-order valence-corrected chi connectivity index (χ4v) is 3.48. The smallest absolute Gasteiger partial charge is 0.122 e. The third-order valence-corrected chi connectivity index (χ3v) is 4.49. The van der Waals surface area contributed by atoms with Crippen LogP contribution in [0, 0.1) is 13.8 Å². The largest absolute Gasteiger partial charge is 0.493 e. The number of nitrogens with one attached hydrogen (secondary N) is 1. The van der Waals surface area contributed by atoms with Gasteiger partial charge < -0.3 is 9.72 Å². The summed E-state index contributed by atoms with van der Waals surface area (Å²) in [6, 6.07) is 12.7. The number of nitrogens with zero attached hydrogens (tertiary/aromatic N) is 1. The second kappa shape index (κ2) is 5.16. The van der Waals surface area contributed by atoms with Gasteiger partial charge in [-0.05, 0) is 55.0 Å². The van der Waals surface area contributed by atoms with Gasteiger partial charge in [-0.3, -0.25) is 0 Å². The molecule has 0 amide bonds. The first kappa shape index (κ1) is 13.4. The zero-order valence-corrected chi connectivity index (χ0v) is 13.0. The van der Waals surface area contributed by atoms with E-state index in [0.29, 0.717) is 5.92 Å². The van der Waals surface area contributed by atoms with Gasteiger partial charge in [-0.15, -0.1) is 0 Å². The van der Waals surface area contributed by atoms with Crippen LogP contribution in [0.3, 0.4) is 0 Å². The van der Waals surface area contributed by atoms with Crippen LogP contribution in [0.4, 0.5) is 0 Å². The zero-order chi connectivity index (χ0) is 15.1. The molecule has 1 N–H and O–H groups in total. The number of imidazole rings is 1. The molecule has 3 aromatic rings. The third kappa shape index (κ3) is 2.27. The predicted molar refractivity (Wildman–Crippen MR) is 88.6 cm³/mol. The van der Waals surface area contributed by atoms with Gasteiger partial charge in [0.25, 0.3) is 0 Å². The highest BCUT2D eigenvalue weighted by molar-refractivity contribution is 5.79. The number of aromatic nitrogens is 2. The molecule has 1 aliphatic rings. The van der Waals surface area contributed by atoms with Crippen molar-refractivity contribution < 1.29 is 4.74 Å². The first-order valence-corrected chi connectivity index (χ1v) is 7.88. The summed E-state index contributed by atoms with van der Waals surface area (Å²) in [6.45, 7) is 5.05. The monoisotopic (exact) mass is 292 g/mol. The number of H-pyrrole nitrogens is 1. The Morgan fingerprint density at radius 2 is 2.09 bits per heavy atom. The van der Waals surface area contributed by atoms with Gasteiger partial charge in [-0.2, -0.15) is 0 Å². The molecule has 112 valence electrons. The molecular formula is C19H20N2O. The van der Waals surface area contributed by atoms with Crippen molar-refractivity contribution in [1.29, 1.82) is 0 Å². The topological polar surface area (TPSA) is 37.9 Å². The third-order valence-electron chi connectivity index (χ3n) is 4.49. The van der Waals surface area contributed by atoms with E-state index in [-0.39, 0.29) is 0 Å². The normalized spacial score (nSPS) is 17.3. The summed E-state index contributed by atoms with van der Waals surface area (Å²) in [5, 5.41) is 0. The number of rotatable bonds is 2. The summed E-state index contributed by atoms with van der Waals surface area (Å²) in [5.41, 5.74) is 6.07. The first-order chi connectivity index (χ1) is 10.7. The summed E-state index contributed by atoms with van der Waals surface area (Å²) >= 11 is 0. The maximum atomic E-state index is 5.75. The van der Waals surface area contributed by atoms with Crippen LogP contribution in [0.15, 0.2) is 36.4 Å². The van der Waals surface area contributed by atoms with Crippen molar-refractivity contribution in [2.45, 2.75) is 32.6 Å². The minimum Gasteiger partial charge on any atom is -0.493 e. The van der Waals surface area contributed by atoms with Crippen molar-refractivity contribution in [3.63, 3.8) is 0 Å². The highest BCUT2D eigenvalue weighted by Gasteiger charge is 2.22. The van der Waals surface area contributed by atoms with Crippen molar-refractivity contribution in [3.05, 3.63) is 58.9 Å². The lowest BCUT2D eigenvalue weighted by atomic mass is 9.90. The van der Waals surface area contributed by atoms with Gasteiger partial charge in [0, 0.05) is 6.42 Å². The number of aryl methyl sites for hydroxylation is 2. The molecule has 1 atom stereocenters. The highest BCUT2D eigenvalue weighted by atomic mass is 16.5. The average Bonchev–Trinajstić information content (AvgIpc) is 2.90. The van der Waals surface area contributed by atoms with Crippen molar-refractivity contribution in [3.8, 4) is 5.75 Å². The van der Waals surface area contributed by atoms with Gasteiger partial charge >= 0.3 is 0 Å². The molecule has 0 bridgehead atoms. The minimum atomic E-state index is 0.479. The van der Waals surface area contributed by atoms with Crippen LogP contribution in [-0.4, -0.2) is 16.6 Å². The van der Waals surface area contributed by atoms with E-state index in [9.17, 15) is 0 Å². The standard InChI is InChI=1S/C19H20N2O/c1-12-9-13(2)19-16(10-12)20-18(21-19)11-14-7-8-22-17-6-4-3-5-15(14)17/h3-6,9-10,14H,7-8,11H2,1-2H3,(H,20,21)/t14-/m1/s1. The molecule has 0 saturated heterocycles. The maximum Gasteiger partial charge on any atom is 0.122 e. The Balaban J connectivity index is 1.69. The van der Waals surface area contributed by atoms with E-state index >= 15 is 0 Å². The van der Waals surface area contributed by atoms with Gasteiger partial charge in [0.2, 0.25) is 0 Å². The highest BCUT2D eigenvalue weighted by Crippen LogP contribution is 2.35. The van der Waals surface area contributed by atoms with E-state index < -0.39 is 0 Å². The lowest BCUT2D eigenvalue weighted by molar-refractivity contribution is 0.266. The molecule has 3 heteroatoms. The van der Waals surface area contributed by atoms with Gasteiger partial charge in [0.1, 0.15) is 11.6 Å². The van der Waals surface area contributed by atoms with Crippen LogP contribution >= 0.6 is 0 Å². The summed E-state index contributed by atoms with van der Waals surface area (Å²) in [5.74, 6) is 2.58. The number of para-hydroxylation sites is 1. The number of fused-ring (bicyclic) bond motifs is 2. The van der Waals surface area contributed by atoms with E-state index in [0.717, 1.165) is 42.1 Å². The molecule has 2 heterocycles. The summed E-state index contributed by atoms with van der Waals surface area (Å²) < 4.78 is 5.75. The number of ether oxygens (including phenoxy) is 1. The molecule has 0 fully saturated rings. The summed E-state index contributed by atoms with van der Waals surface area (Å²) in [6.07, 6.45) is 1.99. The Kier molecular flexibility index (Phi) is 3.14. The lowest BCUT2D eigenvalue weighted by Gasteiger charge is -2.25. The predicted octanol–water partition coefficient (Wildman–Crippen LogP) is 4.29. The molecule has 4 rings (SSSR count). The number of aromatic amines is 1.